The quantitative estimate of drug-likeness (QED) is 0.821. The monoisotopic (exact) mass is 361 g/mol. The van der Waals surface area contributed by atoms with E-state index in [0.29, 0.717) is 0 Å². The van der Waals surface area contributed by atoms with Crippen LogP contribution in [0.25, 0.3) is 0 Å². The van der Waals surface area contributed by atoms with Crippen LogP contribution in [0.5, 0.6) is 0 Å². The van der Waals surface area contributed by atoms with Crippen molar-refractivity contribution in [1.29, 1.82) is 0 Å². The molecule has 2 aromatic rings. The molecule has 0 bridgehead atoms. The van der Waals surface area contributed by atoms with Crippen LogP contribution in [0.3, 0.4) is 0 Å². The van der Waals surface area contributed by atoms with Crippen LogP contribution in [0.15, 0.2) is 29.6 Å². The van der Waals surface area contributed by atoms with Crippen LogP contribution in [-0.2, 0) is 6.42 Å². The van der Waals surface area contributed by atoms with Gasteiger partial charge in [0.15, 0.2) is 0 Å². The molecule has 2 rings (SSSR count). The molecule has 0 aliphatic carbocycles. The minimum absolute atomic E-state index is 0.0149. The first-order valence-corrected chi connectivity index (χ1v) is 7.26. The number of rotatable bonds is 3. The second-order valence-electron chi connectivity index (χ2n) is 4.07. The van der Waals surface area contributed by atoms with Crippen LogP contribution in [-0.4, -0.2) is 0 Å². The standard InChI is InChI=1S/C13H13FINS/c1-8-4-11(14)3-2-9(8)5-12(16)10-6-13(15)17-7-10/h2-4,6-7,12H,5,16H2,1H3. The van der Waals surface area contributed by atoms with Crippen LogP contribution < -0.4 is 5.73 Å². The Morgan fingerprint density at radius 1 is 1.41 bits per heavy atom. The van der Waals surface area contributed by atoms with Gasteiger partial charge in [-0.3, -0.25) is 0 Å². The summed E-state index contributed by atoms with van der Waals surface area (Å²) in [6.07, 6.45) is 0.749. The van der Waals surface area contributed by atoms with Crippen molar-refractivity contribution in [2.45, 2.75) is 19.4 Å². The zero-order valence-corrected chi connectivity index (χ0v) is 12.4. The molecule has 1 heterocycles. The molecule has 0 aliphatic heterocycles. The van der Waals surface area contributed by atoms with Gasteiger partial charge in [-0.2, -0.15) is 0 Å². The molecule has 0 amide bonds. The fourth-order valence-corrected chi connectivity index (χ4v) is 3.20. The first-order chi connectivity index (χ1) is 8.06. The van der Waals surface area contributed by atoms with Crippen LogP contribution in [0.4, 0.5) is 4.39 Å². The van der Waals surface area contributed by atoms with Gasteiger partial charge in [-0.25, -0.2) is 4.39 Å². The lowest BCUT2D eigenvalue weighted by molar-refractivity contribution is 0.624. The highest BCUT2D eigenvalue weighted by molar-refractivity contribution is 14.1. The molecule has 1 atom stereocenters. The van der Waals surface area contributed by atoms with Gasteiger partial charge in [0.05, 0.1) is 2.88 Å². The molecule has 0 spiro atoms. The highest BCUT2D eigenvalue weighted by Crippen LogP contribution is 2.24. The van der Waals surface area contributed by atoms with Gasteiger partial charge in [0, 0.05) is 6.04 Å². The summed E-state index contributed by atoms with van der Waals surface area (Å²) in [7, 11) is 0. The molecule has 0 saturated heterocycles. The number of nitrogens with two attached hydrogens (primary N) is 1. The molecule has 2 N–H and O–H groups in total. The van der Waals surface area contributed by atoms with E-state index < -0.39 is 0 Å². The number of halogens is 2. The first-order valence-electron chi connectivity index (χ1n) is 5.31. The maximum atomic E-state index is 13.0. The van der Waals surface area contributed by atoms with E-state index in [9.17, 15) is 4.39 Å². The van der Waals surface area contributed by atoms with Crippen molar-refractivity contribution in [2.75, 3.05) is 0 Å². The zero-order valence-electron chi connectivity index (χ0n) is 9.41. The van der Waals surface area contributed by atoms with Crippen molar-refractivity contribution >= 4 is 33.9 Å². The van der Waals surface area contributed by atoms with Gasteiger partial charge in [-0.15, -0.1) is 11.3 Å². The molecule has 1 aromatic heterocycles. The fraction of sp³-hybridized carbons (Fsp3) is 0.231. The van der Waals surface area contributed by atoms with Crippen LogP contribution in [0.2, 0.25) is 0 Å². The van der Waals surface area contributed by atoms with Crippen molar-refractivity contribution in [3.05, 3.63) is 55.0 Å². The van der Waals surface area contributed by atoms with Crippen LogP contribution >= 0.6 is 33.9 Å². The molecule has 0 fully saturated rings. The second-order valence-corrected chi connectivity index (χ2v) is 6.87. The number of thiophene rings is 1. The second kappa shape index (κ2) is 5.46. The van der Waals surface area contributed by atoms with Gasteiger partial charge in [-0.05, 0) is 76.2 Å². The van der Waals surface area contributed by atoms with Crippen LogP contribution in [0.1, 0.15) is 22.7 Å². The van der Waals surface area contributed by atoms with E-state index in [1.807, 2.05) is 13.0 Å². The highest BCUT2D eigenvalue weighted by Gasteiger charge is 2.10. The minimum atomic E-state index is -0.190. The molecule has 90 valence electrons. The number of hydrogen-bond donors (Lipinski definition) is 1. The molecular formula is C13H13FINS. The predicted molar refractivity (Wildman–Crippen MR) is 78.8 cm³/mol. The molecule has 0 aliphatic rings. The van der Waals surface area contributed by atoms with E-state index in [0.717, 1.165) is 23.1 Å². The zero-order chi connectivity index (χ0) is 12.4. The minimum Gasteiger partial charge on any atom is -0.324 e. The third kappa shape index (κ3) is 3.26. The molecular weight excluding hydrogens is 348 g/mol. The van der Waals surface area contributed by atoms with E-state index >= 15 is 0 Å². The number of hydrogen-bond acceptors (Lipinski definition) is 2. The van der Waals surface area contributed by atoms with Crippen LogP contribution in [0, 0.1) is 15.6 Å². The van der Waals surface area contributed by atoms with Crippen molar-refractivity contribution in [3.8, 4) is 0 Å². The fourth-order valence-electron chi connectivity index (χ4n) is 1.76. The third-order valence-electron chi connectivity index (χ3n) is 2.76. The van der Waals surface area contributed by atoms with Crippen molar-refractivity contribution in [2.24, 2.45) is 5.73 Å². The molecule has 4 heteroatoms. The summed E-state index contributed by atoms with van der Waals surface area (Å²) < 4.78 is 14.2. The van der Waals surface area contributed by atoms with Gasteiger partial charge in [-0.1, -0.05) is 6.07 Å². The molecule has 1 unspecified atom stereocenters. The average Bonchev–Trinajstić information content (AvgIpc) is 2.69. The summed E-state index contributed by atoms with van der Waals surface area (Å²) >= 11 is 3.99. The average molecular weight is 361 g/mol. The Kier molecular flexibility index (Phi) is 4.17. The van der Waals surface area contributed by atoms with E-state index in [2.05, 4.69) is 34.0 Å². The van der Waals surface area contributed by atoms with Gasteiger partial charge in [0.1, 0.15) is 5.82 Å². The van der Waals surface area contributed by atoms with Crippen molar-refractivity contribution in [1.82, 2.24) is 0 Å². The topological polar surface area (TPSA) is 26.0 Å². The highest BCUT2D eigenvalue weighted by atomic mass is 127. The molecule has 0 saturated carbocycles. The molecule has 1 aromatic carbocycles. The summed E-state index contributed by atoms with van der Waals surface area (Å²) in [6, 6.07) is 6.96. The van der Waals surface area contributed by atoms with E-state index in [1.165, 1.54) is 8.95 Å². The maximum absolute atomic E-state index is 13.0. The van der Waals surface area contributed by atoms with Gasteiger partial charge in [0.2, 0.25) is 0 Å². The Labute approximate surface area is 118 Å². The summed E-state index contributed by atoms with van der Waals surface area (Å²) in [4.78, 5) is 0. The number of benzene rings is 1. The van der Waals surface area contributed by atoms with E-state index in [4.69, 9.17) is 5.73 Å². The SMILES string of the molecule is Cc1cc(F)ccc1CC(N)c1csc(I)c1. The Morgan fingerprint density at radius 3 is 2.76 bits per heavy atom. The lowest BCUT2D eigenvalue weighted by Gasteiger charge is -2.12. The molecule has 1 nitrogen and oxygen atoms in total. The molecule has 0 radical (unpaired) electrons. The first kappa shape index (κ1) is 13.0. The largest absolute Gasteiger partial charge is 0.324 e. The normalized spacial score (nSPS) is 12.7. The van der Waals surface area contributed by atoms with Crippen molar-refractivity contribution in [3.63, 3.8) is 0 Å². The Morgan fingerprint density at radius 2 is 2.18 bits per heavy atom. The summed E-state index contributed by atoms with van der Waals surface area (Å²) in [5, 5.41) is 2.09. The van der Waals surface area contributed by atoms with Gasteiger partial charge < -0.3 is 5.73 Å². The lowest BCUT2D eigenvalue weighted by Crippen LogP contribution is -2.13. The summed E-state index contributed by atoms with van der Waals surface area (Å²) in [5.41, 5.74) is 9.39. The summed E-state index contributed by atoms with van der Waals surface area (Å²) in [5.74, 6) is -0.190. The van der Waals surface area contributed by atoms with E-state index in [-0.39, 0.29) is 11.9 Å². The molecule has 17 heavy (non-hydrogen) atoms. The Balaban J connectivity index is 2.15. The summed E-state index contributed by atoms with van der Waals surface area (Å²) in [6.45, 7) is 1.92. The van der Waals surface area contributed by atoms with E-state index in [1.54, 1.807) is 17.4 Å². The number of aryl methyl sites for hydroxylation is 1. The lowest BCUT2D eigenvalue weighted by atomic mass is 9.98. The van der Waals surface area contributed by atoms with Crippen molar-refractivity contribution < 1.29 is 4.39 Å². The predicted octanol–water partition coefficient (Wildman–Crippen LogP) is 4.04. The Bertz CT molecular complexity index is 524. The maximum Gasteiger partial charge on any atom is 0.123 e. The smallest absolute Gasteiger partial charge is 0.123 e. The van der Waals surface area contributed by atoms with Gasteiger partial charge >= 0.3 is 0 Å². The van der Waals surface area contributed by atoms with Gasteiger partial charge in [0.25, 0.3) is 0 Å². The Hall–Kier alpha value is -0.460. The third-order valence-corrected chi connectivity index (χ3v) is 4.57.